The molecular weight excluding hydrogens is 196 g/mol. The van der Waals surface area contributed by atoms with E-state index in [-0.39, 0.29) is 0 Å². The molecule has 0 aliphatic rings. The average Bonchev–Trinajstić information content (AvgIpc) is 2.18. The summed E-state index contributed by atoms with van der Waals surface area (Å²) in [5, 5.41) is 10.3. The second-order valence-corrected chi connectivity index (χ2v) is 3.40. The molecule has 2 rings (SSSR count). The van der Waals surface area contributed by atoms with E-state index in [9.17, 15) is 0 Å². The number of aromatic nitrogens is 1. The number of pyridine rings is 1. The number of hydrogen-bond acceptors (Lipinski definition) is 2. The Morgan fingerprint density at radius 1 is 1.36 bits per heavy atom. The van der Waals surface area contributed by atoms with Crippen molar-refractivity contribution in [2.45, 2.75) is 6.42 Å². The number of nitriles is 1. The zero-order chi connectivity index (χ0) is 9.97. The Balaban J connectivity index is 2.70. The Morgan fingerprint density at radius 2 is 2.21 bits per heavy atom. The fourth-order valence-corrected chi connectivity index (χ4v) is 1.59. The minimum Gasteiger partial charge on any atom is -0.256 e. The van der Waals surface area contributed by atoms with Gasteiger partial charge in [0.05, 0.1) is 18.0 Å². The highest BCUT2D eigenvalue weighted by atomic mass is 35.5. The van der Waals surface area contributed by atoms with E-state index in [1.165, 1.54) is 0 Å². The number of hydrogen-bond donors (Lipinski definition) is 0. The van der Waals surface area contributed by atoms with Gasteiger partial charge in [0.1, 0.15) is 0 Å². The third-order valence-corrected chi connectivity index (χ3v) is 2.30. The maximum absolute atomic E-state index is 8.64. The fourth-order valence-electron chi connectivity index (χ4n) is 1.42. The molecule has 0 aliphatic carbocycles. The van der Waals surface area contributed by atoms with Gasteiger partial charge in [-0.25, -0.2) is 0 Å². The quantitative estimate of drug-likeness (QED) is 0.713. The van der Waals surface area contributed by atoms with Crippen LogP contribution in [-0.2, 0) is 6.42 Å². The number of fused-ring (bicyclic) bond motifs is 1. The Hall–Kier alpha value is -1.59. The van der Waals surface area contributed by atoms with Crippen LogP contribution in [0.4, 0.5) is 0 Å². The molecule has 0 aliphatic heterocycles. The molecule has 0 bridgehead atoms. The van der Waals surface area contributed by atoms with Crippen molar-refractivity contribution in [2.24, 2.45) is 0 Å². The van der Waals surface area contributed by atoms with E-state index in [1.54, 1.807) is 12.3 Å². The fraction of sp³-hybridized carbons (Fsp3) is 0.0909. The van der Waals surface area contributed by atoms with Crippen LogP contribution in [0.1, 0.15) is 5.56 Å². The summed E-state index contributed by atoms with van der Waals surface area (Å²) in [6.07, 6.45) is 2.10. The molecule has 0 amide bonds. The van der Waals surface area contributed by atoms with Crippen molar-refractivity contribution in [3.05, 3.63) is 41.0 Å². The topological polar surface area (TPSA) is 36.7 Å². The predicted octanol–water partition coefficient (Wildman–Crippen LogP) is 2.95. The first-order valence-corrected chi connectivity index (χ1v) is 4.59. The molecule has 0 spiro atoms. The van der Waals surface area contributed by atoms with Crippen molar-refractivity contribution in [3.63, 3.8) is 0 Å². The lowest BCUT2D eigenvalue weighted by Crippen LogP contribution is -1.86. The maximum atomic E-state index is 8.64. The standard InChI is InChI=1S/C11H7ClN2/c12-9-1-2-10-8(3-5-13)4-6-14-11(10)7-9/h1-2,4,6-7H,3H2. The summed E-state index contributed by atoms with van der Waals surface area (Å²) in [7, 11) is 0. The van der Waals surface area contributed by atoms with E-state index >= 15 is 0 Å². The van der Waals surface area contributed by atoms with Gasteiger partial charge in [0.2, 0.25) is 0 Å². The van der Waals surface area contributed by atoms with E-state index in [2.05, 4.69) is 11.1 Å². The highest BCUT2D eigenvalue weighted by Gasteiger charge is 2.01. The summed E-state index contributed by atoms with van der Waals surface area (Å²) >= 11 is 5.84. The largest absolute Gasteiger partial charge is 0.256 e. The zero-order valence-corrected chi connectivity index (χ0v) is 8.12. The van der Waals surface area contributed by atoms with Crippen LogP contribution in [0.3, 0.4) is 0 Å². The Kier molecular flexibility index (Phi) is 2.34. The van der Waals surface area contributed by atoms with Gasteiger partial charge in [0.25, 0.3) is 0 Å². The third-order valence-electron chi connectivity index (χ3n) is 2.06. The van der Waals surface area contributed by atoms with Crippen LogP contribution in [0.25, 0.3) is 10.9 Å². The first-order chi connectivity index (χ1) is 6.81. The second kappa shape index (κ2) is 3.65. The van der Waals surface area contributed by atoms with Gasteiger partial charge in [-0.2, -0.15) is 5.26 Å². The van der Waals surface area contributed by atoms with Gasteiger partial charge in [-0.15, -0.1) is 0 Å². The first kappa shape index (κ1) is 8.98. The average molecular weight is 203 g/mol. The Bertz CT molecular complexity index is 514. The first-order valence-electron chi connectivity index (χ1n) is 4.21. The van der Waals surface area contributed by atoms with Crippen LogP contribution in [0.15, 0.2) is 30.5 Å². The summed E-state index contributed by atoms with van der Waals surface area (Å²) < 4.78 is 0. The normalized spacial score (nSPS) is 10.0. The Labute approximate surface area is 86.8 Å². The molecule has 0 unspecified atom stereocenters. The molecule has 1 aromatic heterocycles. The zero-order valence-electron chi connectivity index (χ0n) is 7.37. The van der Waals surface area contributed by atoms with Crippen LogP contribution in [0.2, 0.25) is 5.02 Å². The molecule has 0 saturated heterocycles. The van der Waals surface area contributed by atoms with Crippen molar-refractivity contribution in [3.8, 4) is 6.07 Å². The lowest BCUT2D eigenvalue weighted by Gasteiger charge is -2.01. The predicted molar refractivity (Wildman–Crippen MR) is 56.1 cm³/mol. The molecule has 0 N–H and O–H groups in total. The van der Waals surface area contributed by atoms with Gasteiger partial charge in [-0.3, -0.25) is 4.98 Å². The highest BCUT2D eigenvalue weighted by Crippen LogP contribution is 2.20. The van der Waals surface area contributed by atoms with Crippen LogP contribution in [0, 0.1) is 11.3 Å². The second-order valence-electron chi connectivity index (χ2n) is 2.97. The van der Waals surface area contributed by atoms with Crippen molar-refractivity contribution >= 4 is 22.5 Å². The third kappa shape index (κ3) is 1.55. The lowest BCUT2D eigenvalue weighted by molar-refractivity contribution is 1.26. The smallest absolute Gasteiger partial charge is 0.0719 e. The maximum Gasteiger partial charge on any atom is 0.0719 e. The molecule has 0 radical (unpaired) electrons. The van der Waals surface area contributed by atoms with Crippen molar-refractivity contribution in [2.75, 3.05) is 0 Å². The molecule has 2 aromatic rings. The minimum atomic E-state index is 0.403. The van der Waals surface area contributed by atoms with E-state index < -0.39 is 0 Å². The van der Waals surface area contributed by atoms with Crippen LogP contribution < -0.4 is 0 Å². The lowest BCUT2D eigenvalue weighted by atomic mass is 10.1. The Morgan fingerprint density at radius 3 is 3.00 bits per heavy atom. The van der Waals surface area contributed by atoms with Gasteiger partial charge in [0.15, 0.2) is 0 Å². The molecule has 0 atom stereocenters. The number of nitrogens with zero attached hydrogens (tertiary/aromatic N) is 2. The van der Waals surface area contributed by atoms with E-state index in [0.717, 1.165) is 16.5 Å². The molecular formula is C11H7ClN2. The molecule has 3 heteroatoms. The van der Waals surface area contributed by atoms with Crippen LogP contribution in [-0.4, -0.2) is 4.98 Å². The van der Waals surface area contributed by atoms with Crippen molar-refractivity contribution in [1.82, 2.24) is 4.98 Å². The van der Waals surface area contributed by atoms with Gasteiger partial charge >= 0.3 is 0 Å². The number of rotatable bonds is 1. The van der Waals surface area contributed by atoms with Gasteiger partial charge in [-0.1, -0.05) is 17.7 Å². The molecule has 0 saturated carbocycles. The SMILES string of the molecule is N#CCc1ccnc2cc(Cl)ccc12. The summed E-state index contributed by atoms with van der Waals surface area (Å²) in [4.78, 5) is 4.19. The molecule has 1 aromatic carbocycles. The van der Waals surface area contributed by atoms with Gasteiger partial charge < -0.3 is 0 Å². The summed E-state index contributed by atoms with van der Waals surface area (Å²) in [6, 6.07) is 9.51. The summed E-state index contributed by atoms with van der Waals surface area (Å²) in [5.74, 6) is 0. The van der Waals surface area contributed by atoms with E-state index in [0.29, 0.717) is 11.4 Å². The molecule has 1 heterocycles. The minimum absolute atomic E-state index is 0.403. The summed E-state index contributed by atoms with van der Waals surface area (Å²) in [6.45, 7) is 0. The molecule has 14 heavy (non-hydrogen) atoms. The van der Waals surface area contributed by atoms with Crippen molar-refractivity contribution in [1.29, 1.82) is 5.26 Å². The molecule has 0 fully saturated rings. The van der Waals surface area contributed by atoms with E-state index in [4.69, 9.17) is 16.9 Å². The number of benzene rings is 1. The van der Waals surface area contributed by atoms with Crippen LogP contribution in [0.5, 0.6) is 0 Å². The highest BCUT2D eigenvalue weighted by molar-refractivity contribution is 6.31. The van der Waals surface area contributed by atoms with Crippen molar-refractivity contribution < 1.29 is 0 Å². The number of halogens is 1. The van der Waals surface area contributed by atoms with Gasteiger partial charge in [-0.05, 0) is 23.8 Å². The van der Waals surface area contributed by atoms with Crippen LogP contribution >= 0.6 is 11.6 Å². The molecule has 68 valence electrons. The van der Waals surface area contributed by atoms with Gasteiger partial charge in [0, 0.05) is 16.6 Å². The monoisotopic (exact) mass is 202 g/mol. The summed E-state index contributed by atoms with van der Waals surface area (Å²) in [5.41, 5.74) is 1.83. The van der Waals surface area contributed by atoms with E-state index in [1.807, 2.05) is 18.2 Å². The molecule has 2 nitrogen and oxygen atoms in total.